The molecule has 2 aliphatic heterocycles. The summed E-state index contributed by atoms with van der Waals surface area (Å²) in [5.74, 6) is -1.02. The van der Waals surface area contributed by atoms with Gasteiger partial charge in [-0.1, -0.05) is 12.1 Å². The van der Waals surface area contributed by atoms with E-state index in [0.29, 0.717) is 37.0 Å². The van der Waals surface area contributed by atoms with Crippen LogP contribution in [0.25, 0.3) is 11.1 Å². The fraction of sp³-hybridized carbons (Fsp3) is 0.524. The lowest BCUT2D eigenvalue weighted by atomic mass is 10.0. The maximum Gasteiger partial charge on any atom is 0.419 e. The Hall–Kier alpha value is -3.30. The van der Waals surface area contributed by atoms with Gasteiger partial charge in [-0.2, -0.15) is 0 Å². The van der Waals surface area contributed by atoms with Crippen LogP contribution in [-0.2, 0) is 25.6 Å². The molecule has 3 heterocycles. The van der Waals surface area contributed by atoms with Crippen LogP contribution in [-0.4, -0.2) is 70.7 Å². The van der Waals surface area contributed by atoms with E-state index in [4.69, 9.17) is 13.9 Å². The van der Waals surface area contributed by atoms with Crippen LogP contribution >= 0.6 is 0 Å². The number of rotatable bonds is 6. The minimum absolute atomic E-state index is 0.00970. The first-order valence-corrected chi connectivity index (χ1v) is 10.5. The number of piperidine rings is 1. The molecule has 2 aromatic rings. The number of hydrogen-bond donors (Lipinski definition) is 0. The molecule has 1 aromatic heterocycles. The van der Waals surface area contributed by atoms with Crippen molar-refractivity contribution in [3.8, 4) is 0 Å². The number of benzene rings is 1. The van der Waals surface area contributed by atoms with Crippen LogP contribution in [0.3, 0.4) is 0 Å². The molecule has 2 saturated heterocycles. The molecule has 1 atom stereocenters. The van der Waals surface area contributed by atoms with Gasteiger partial charge in [0.05, 0.1) is 12.1 Å². The van der Waals surface area contributed by atoms with Gasteiger partial charge in [0.25, 0.3) is 0 Å². The molecule has 2 amide bonds. The van der Waals surface area contributed by atoms with Crippen molar-refractivity contribution < 1.29 is 28.3 Å². The van der Waals surface area contributed by atoms with Crippen LogP contribution in [0, 0.1) is 0 Å². The molecule has 4 rings (SSSR count). The van der Waals surface area contributed by atoms with Gasteiger partial charge in [0, 0.05) is 32.1 Å². The number of hydrogen-bond acceptors (Lipinski definition) is 7. The Morgan fingerprint density at radius 3 is 2.65 bits per heavy atom. The molecule has 0 spiro atoms. The van der Waals surface area contributed by atoms with Crippen molar-refractivity contribution in [2.45, 2.75) is 44.8 Å². The molecule has 31 heavy (non-hydrogen) atoms. The van der Waals surface area contributed by atoms with E-state index in [-0.39, 0.29) is 38.1 Å². The third kappa shape index (κ3) is 4.14. The van der Waals surface area contributed by atoms with Gasteiger partial charge < -0.3 is 18.8 Å². The van der Waals surface area contributed by atoms with Gasteiger partial charge in [0.2, 0.25) is 5.91 Å². The van der Waals surface area contributed by atoms with Crippen molar-refractivity contribution in [2.75, 3.05) is 26.3 Å². The molecule has 0 radical (unpaired) electrons. The van der Waals surface area contributed by atoms with E-state index < -0.39 is 23.9 Å². The summed E-state index contributed by atoms with van der Waals surface area (Å²) < 4.78 is 16.8. The number of ether oxygens (including phenoxy) is 2. The zero-order chi connectivity index (χ0) is 22.0. The number of cyclic esters (lactones) is 1. The van der Waals surface area contributed by atoms with Crippen molar-refractivity contribution in [3.63, 3.8) is 0 Å². The highest BCUT2D eigenvalue weighted by Crippen LogP contribution is 2.25. The van der Waals surface area contributed by atoms with Crippen LogP contribution in [0.4, 0.5) is 4.79 Å². The second-order valence-corrected chi connectivity index (χ2v) is 7.60. The van der Waals surface area contributed by atoms with Crippen molar-refractivity contribution in [2.24, 2.45) is 0 Å². The van der Waals surface area contributed by atoms with Crippen LogP contribution < -0.4 is 5.76 Å². The molecule has 0 unspecified atom stereocenters. The van der Waals surface area contributed by atoms with E-state index in [1.165, 1.54) is 9.47 Å². The van der Waals surface area contributed by atoms with Crippen molar-refractivity contribution in [3.05, 3.63) is 34.8 Å². The van der Waals surface area contributed by atoms with Gasteiger partial charge in [-0.15, -0.1) is 0 Å². The first-order chi connectivity index (χ1) is 15.0. The first kappa shape index (κ1) is 21.0. The Labute approximate surface area is 178 Å². The number of oxazole rings is 1. The van der Waals surface area contributed by atoms with Crippen molar-refractivity contribution >= 4 is 29.1 Å². The van der Waals surface area contributed by atoms with E-state index in [0.717, 1.165) is 0 Å². The predicted octanol–water partition coefficient (Wildman–Crippen LogP) is 1.36. The highest BCUT2D eigenvalue weighted by atomic mass is 16.6. The molecule has 0 aliphatic carbocycles. The Morgan fingerprint density at radius 1 is 1.16 bits per heavy atom. The summed E-state index contributed by atoms with van der Waals surface area (Å²) in [5.41, 5.74) is 1.16. The molecule has 0 saturated carbocycles. The lowest BCUT2D eigenvalue weighted by molar-refractivity contribution is -0.149. The maximum absolute atomic E-state index is 12.7. The zero-order valence-corrected chi connectivity index (χ0v) is 17.3. The molecule has 2 aliphatic rings. The molecule has 2 fully saturated rings. The van der Waals surface area contributed by atoms with Crippen molar-refractivity contribution in [1.82, 2.24) is 14.4 Å². The second kappa shape index (κ2) is 8.83. The smallest absolute Gasteiger partial charge is 0.419 e. The normalized spacial score (nSPS) is 19.6. The molecule has 166 valence electrons. The number of fused-ring (bicyclic) bond motifs is 1. The number of para-hydroxylation sites is 2. The molecule has 0 N–H and O–H groups in total. The number of aromatic nitrogens is 1. The minimum Gasteiger partial charge on any atom is -0.464 e. The minimum atomic E-state index is -0.735. The first-order valence-electron chi connectivity index (χ1n) is 10.5. The summed E-state index contributed by atoms with van der Waals surface area (Å²) in [6.07, 6.45) is 0.746. The summed E-state index contributed by atoms with van der Waals surface area (Å²) in [7, 11) is 0. The average Bonchev–Trinajstić information content (AvgIpc) is 3.31. The molecule has 0 bridgehead atoms. The highest BCUT2D eigenvalue weighted by molar-refractivity contribution is 5.84. The number of carbonyl (C=O) groups is 3. The Morgan fingerprint density at radius 2 is 1.90 bits per heavy atom. The van der Waals surface area contributed by atoms with Gasteiger partial charge in [-0.25, -0.2) is 14.4 Å². The van der Waals surface area contributed by atoms with E-state index in [2.05, 4.69) is 0 Å². The molecular weight excluding hydrogens is 406 g/mol. The van der Waals surface area contributed by atoms with E-state index in [1.54, 1.807) is 30.0 Å². The third-order valence-electron chi connectivity index (χ3n) is 5.80. The summed E-state index contributed by atoms with van der Waals surface area (Å²) in [5, 5.41) is 0. The van der Waals surface area contributed by atoms with E-state index in [1.807, 2.05) is 6.07 Å². The van der Waals surface area contributed by atoms with Gasteiger partial charge in [-0.05, 0) is 31.9 Å². The van der Waals surface area contributed by atoms with E-state index in [9.17, 15) is 19.2 Å². The zero-order valence-electron chi connectivity index (χ0n) is 17.3. The fourth-order valence-corrected chi connectivity index (χ4v) is 4.24. The van der Waals surface area contributed by atoms with Gasteiger partial charge >= 0.3 is 17.8 Å². The van der Waals surface area contributed by atoms with Crippen LogP contribution in [0.15, 0.2) is 33.5 Å². The average molecular weight is 431 g/mol. The summed E-state index contributed by atoms with van der Waals surface area (Å²) in [4.78, 5) is 52.2. The summed E-state index contributed by atoms with van der Waals surface area (Å²) in [6.45, 7) is 3.10. The summed E-state index contributed by atoms with van der Waals surface area (Å²) >= 11 is 0. The molecule has 1 aromatic carbocycles. The summed E-state index contributed by atoms with van der Waals surface area (Å²) in [6, 6.07) is 6.17. The topological polar surface area (TPSA) is 111 Å². The third-order valence-corrected chi connectivity index (χ3v) is 5.80. The quantitative estimate of drug-likeness (QED) is 0.635. The number of aryl methyl sites for hydroxylation is 1. The van der Waals surface area contributed by atoms with Crippen LogP contribution in [0.1, 0.15) is 26.2 Å². The van der Waals surface area contributed by atoms with Gasteiger partial charge in [0.15, 0.2) is 11.6 Å². The number of esters is 1. The SMILES string of the molecule is CCOC(=O)[C@@H]1COC(=O)N1C1CCN(C(=O)CCn2c(=O)oc3ccccc32)CC1. The van der Waals surface area contributed by atoms with Gasteiger partial charge in [0.1, 0.15) is 6.61 Å². The Balaban J connectivity index is 1.33. The standard InChI is InChI=1S/C21H25N3O7/c1-2-29-19(26)16-13-30-21(28)24(16)14-7-10-22(11-8-14)18(25)9-12-23-15-5-3-4-6-17(15)31-20(23)27/h3-6,14,16H,2,7-13H2,1H3/t16-/m0/s1. The number of nitrogens with zero attached hydrogens (tertiary/aromatic N) is 3. The predicted molar refractivity (Wildman–Crippen MR) is 108 cm³/mol. The van der Waals surface area contributed by atoms with Crippen molar-refractivity contribution in [1.29, 1.82) is 0 Å². The largest absolute Gasteiger partial charge is 0.464 e. The number of carbonyl (C=O) groups excluding carboxylic acids is 3. The van der Waals surface area contributed by atoms with Crippen LogP contribution in [0.2, 0.25) is 0 Å². The molecule has 10 nitrogen and oxygen atoms in total. The molecular formula is C21H25N3O7. The lowest BCUT2D eigenvalue weighted by Gasteiger charge is -2.37. The Bertz CT molecular complexity index is 1040. The number of likely N-dealkylation sites (tertiary alicyclic amines) is 1. The Kier molecular flexibility index (Phi) is 5.97. The van der Waals surface area contributed by atoms with Crippen LogP contribution in [0.5, 0.6) is 0 Å². The fourth-order valence-electron chi connectivity index (χ4n) is 4.24. The lowest BCUT2D eigenvalue weighted by Crippen LogP contribution is -2.52. The molecule has 10 heteroatoms. The van der Waals surface area contributed by atoms with Gasteiger partial charge in [-0.3, -0.25) is 14.3 Å². The second-order valence-electron chi connectivity index (χ2n) is 7.60. The monoisotopic (exact) mass is 431 g/mol. The highest BCUT2D eigenvalue weighted by Gasteiger charge is 2.44. The maximum atomic E-state index is 12.7. The van der Waals surface area contributed by atoms with E-state index >= 15 is 0 Å². The number of amides is 2.